The number of fused-ring (bicyclic) bond motifs is 2. The maximum absolute atomic E-state index is 12.9. The topological polar surface area (TPSA) is 94.8 Å². The molecule has 2 aromatic rings. The molecule has 2 aliphatic carbocycles. The van der Waals surface area contributed by atoms with E-state index in [-0.39, 0.29) is 39.5 Å². The van der Waals surface area contributed by atoms with Crippen LogP contribution in [0.2, 0.25) is 0 Å². The predicted octanol–water partition coefficient (Wildman–Crippen LogP) is 3.49. The molecular formula is C21H20O5. The van der Waals surface area contributed by atoms with Crippen molar-refractivity contribution >= 4 is 11.6 Å². The van der Waals surface area contributed by atoms with Gasteiger partial charge in [0.25, 0.3) is 0 Å². The highest BCUT2D eigenvalue weighted by Crippen LogP contribution is 2.45. The molecule has 134 valence electrons. The van der Waals surface area contributed by atoms with Gasteiger partial charge < -0.3 is 15.3 Å². The summed E-state index contributed by atoms with van der Waals surface area (Å²) in [7, 11) is 0. The standard InChI is InChI=1S/C21H20O5/c22-15-10-14(18(23)11-6-2-1-3-7-11)21(26)17-16(15)19(24)12-8-4-5-9-13(12)20(17)25/h4-5,8-11,18,22-23,26H,1-3,6-7H2. The van der Waals surface area contributed by atoms with Crippen LogP contribution in [0.5, 0.6) is 11.5 Å². The Labute approximate surface area is 150 Å². The third-order valence-electron chi connectivity index (χ3n) is 5.59. The number of carbonyl (C=O) groups excluding carboxylic acids is 2. The van der Waals surface area contributed by atoms with Crippen molar-refractivity contribution in [2.24, 2.45) is 5.92 Å². The Morgan fingerprint density at radius 3 is 2.08 bits per heavy atom. The summed E-state index contributed by atoms with van der Waals surface area (Å²) in [6, 6.07) is 7.57. The lowest BCUT2D eigenvalue weighted by Crippen LogP contribution is -2.23. The minimum absolute atomic E-state index is 0.0335. The van der Waals surface area contributed by atoms with E-state index in [2.05, 4.69) is 0 Å². The second-order valence-corrected chi connectivity index (χ2v) is 7.13. The molecule has 0 amide bonds. The largest absolute Gasteiger partial charge is 0.507 e. The smallest absolute Gasteiger partial charge is 0.198 e. The van der Waals surface area contributed by atoms with Gasteiger partial charge in [-0.15, -0.1) is 0 Å². The second-order valence-electron chi connectivity index (χ2n) is 7.13. The molecule has 0 aromatic heterocycles. The number of hydrogen-bond acceptors (Lipinski definition) is 5. The number of phenols is 2. The first-order valence-electron chi connectivity index (χ1n) is 8.96. The van der Waals surface area contributed by atoms with E-state index in [1.54, 1.807) is 12.1 Å². The number of carbonyl (C=O) groups is 2. The van der Waals surface area contributed by atoms with Crippen molar-refractivity contribution in [1.29, 1.82) is 0 Å². The Hall–Kier alpha value is -2.66. The summed E-state index contributed by atoms with van der Waals surface area (Å²) in [5.41, 5.74) is 0.127. The van der Waals surface area contributed by atoms with Crippen LogP contribution in [-0.2, 0) is 0 Å². The molecule has 1 fully saturated rings. The first-order chi connectivity index (χ1) is 12.5. The van der Waals surface area contributed by atoms with Gasteiger partial charge in [-0.25, -0.2) is 0 Å². The van der Waals surface area contributed by atoms with Gasteiger partial charge in [-0.05, 0) is 24.8 Å². The predicted molar refractivity (Wildman–Crippen MR) is 94.6 cm³/mol. The molecule has 0 aliphatic heterocycles. The van der Waals surface area contributed by atoms with Crippen LogP contribution < -0.4 is 0 Å². The molecule has 4 rings (SSSR count). The first-order valence-corrected chi connectivity index (χ1v) is 8.96. The lowest BCUT2D eigenvalue weighted by atomic mass is 9.78. The minimum atomic E-state index is -0.980. The summed E-state index contributed by atoms with van der Waals surface area (Å²) >= 11 is 0. The molecular weight excluding hydrogens is 332 g/mol. The Morgan fingerprint density at radius 2 is 1.46 bits per heavy atom. The number of aliphatic hydroxyl groups is 1. The second kappa shape index (κ2) is 6.25. The van der Waals surface area contributed by atoms with Crippen molar-refractivity contribution in [2.45, 2.75) is 38.2 Å². The lowest BCUT2D eigenvalue weighted by molar-refractivity contribution is 0.0818. The van der Waals surface area contributed by atoms with Gasteiger partial charge in [-0.1, -0.05) is 43.5 Å². The molecule has 0 heterocycles. The minimum Gasteiger partial charge on any atom is -0.507 e. The SMILES string of the molecule is O=C1c2ccccc2C(=O)c2c(O)c(C(O)C3CCCCC3)cc(O)c21. The summed E-state index contributed by atoms with van der Waals surface area (Å²) in [6.45, 7) is 0. The third-order valence-corrected chi connectivity index (χ3v) is 5.59. The van der Waals surface area contributed by atoms with Crippen molar-refractivity contribution in [3.8, 4) is 11.5 Å². The van der Waals surface area contributed by atoms with Crippen LogP contribution in [-0.4, -0.2) is 26.9 Å². The zero-order valence-corrected chi connectivity index (χ0v) is 14.2. The van der Waals surface area contributed by atoms with E-state index in [1.807, 2.05) is 0 Å². The fourth-order valence-electron chi connectivity index (χ4n) is 4.21. The zero-order valence-electron chi connectivity index (χ0n) is 14.2. The van der Waals surface area contributed by atoms with Crippen molar-refractivity contribution in [3.63, 3.8) is 0 Å². The summed E-state index contributed by atoms with van der Waals surface area (Å²) in [5, 5.41) is 31.9. The number of aromatic hydroxyl groups is 2. The normalized spacial score (nSPS) is 18.3. The molecule has 0 bridgehead atoms. The van der Waals surface area contributed by atoms with E-state index < -0.39 is 23.4 Å². The molecule has 2 aliphatic rings. The number of aliphatic hydroxyl groups excluding tert-OH is 1. The third kappa shape index (κ3) is 2.42. The molecule has 2 aromatic carbocycles. The number of rotatable bonds is 2. The molecule has 0 saturated heterocycles. The van der Waals surface area contributed by atoms with E-state index >= 15 is 0 Å². The van der Waals surface area contributed by atoms with Crippen molar-refractivity contribution in [1.82, 2.24) is 0 Å². The van der Waals surface area contributed by atoms with E-state index in [4.69, 9.17) is 0 Å². The fourth-order valence-corrected chi connectivity index (χ4v) is 4.21. The zero-order chi connectivity index (χ0) is 18.4. The van der Waals surface area contributed by atoms with Crippen LogP contribution in [0.15, 0.2) is 30.3 Å². The monoisotopic (exact) mass is 352 g/mol. The van der Waals surface area contributed by atoms with Gasteiger partial charge in [0.15, 0.2) is 11.6 Å². The maximum atomic E-state index is 12.9. The number of ketones is 2. The van der Waals surface area contributed by atoms with E-state index in [9.17, 15) is 24.9 Å². The van der Waals surface area contributed by atoms with Gasteiger partial charge in [-0.2, -0.15) is 0 Å². The molecule has 3 N–H and O–H groups in total. The van der Waals surface area contributed by atoms with Gasteiger partial charge in [0.2, 0.25) is 0 Å². The van der Waals surface area contributed by atoms with Crippen LogP contribution in [0, 0.1) is 5.92 Å². The average molecular weight is 352 g/mol. The molecule has 5 nitrogen and oxygen atoms in total. The molecule has 0 spiro atoms. The summed E-state index contributed by atoms with van der Waals surface area (Å²) < 4.78 is 0. The maximum Gasteiger partial charge on any atom is 0.198 e. The van der Waals surface area contributed by atoms with Gasteiger partial charge >= 0.3 is 0 Å². The van der Waals surface area contributed by atoms with Gasteiger partial charge in [0, 0.05) is 16.7 Å². The highest BCUT2D eigenvalue weighted by Gasteiger charge is 2.37. The van der Waals surface area contributed by atoms with E-state index in [0.29, 0.717) is 0 Å². The van der Waals surface area contributed by atoms with E-state index in [1.165, 1.54) is 18.2 Å². The molecule has 5 heteroatoms. The first kappa shape index (κ1) is 16.8. The van der Waals surface area contributed by atoms with Crippen LogP contribution in [0.25, 0.3) is 0 Å². The summed E-state index contributed by atoms with van der Waals surface area (Å²) in [6.07, 6.45) is 3.80. The quantitative estimate of drug-likeness (QED) is 0.614. The summed E-state index contributed by atoms with van der Waals surface area (Å²) in [4.78, 5) is 25.6. The van der Waals surface area contributed by atoms with Gasteiger partial charge in [0.05, 0.1) is 17.2 Å². The number of benzene rings is 2. The Bertz CT molecular complexity index is 909. The van der Waals surface area contributed by atoms with Crippen LogP contribution in [0.3, 0.4) is 0 Å². The highest BCUT2D eigenvalue weighted by molar-refractivity contribution is 6.30. The Kier molecular flexibility index (Phi) is 4.04. The average Bonchev–Trinajstić information content (AvgIpc) is 2.67. The van der Waals surface area contributed by atoms with Crippen molar-refractivity contribution in [3.05, 3.63) is 58.1 Å². The molecule has 0 radical (unpaired) electrons. The van der Waals surface area contributed by atoms with E-state index in [0.717, 1.165) is 32.1 Å². The molecule has 1 saturated carbocycles. The lowest BCUT2D eigenvalue weighted by Gasteiger charge is -2.29. The Morgan fingerprint density at radius 1 is 0.885 bits per heavy atom. The number of phenolic OH excluding ortho intramolecular Hbond substituents is 2. The van der Waals surface area contributed by atoms with Gasteiger partial charge in [-0.3, -0.25) is 9.59 Å². The van der Waals surface area contributed by atoms with Crippen molar-refractivity contribution in [2.75, 3.05) is 0 Å². The number of hydrogen-bond donors (Lipinski definition) is 3. The van der Waals surface area contributed by atoms with Crippen LogP contribution >= 0.6 is 0 Å². The molecule has 1 unspecified atom stereocenters. The molecule has 1 atom stereocenters. The van der Waals surface area contributed by atoms with Gasteiger partial charge in [0.1, 0.15) is 11.5 Å². The highest BCUT2D eigenvalue weighted by atomic mass is 16.3. The van der Waals surface area contributed by atoms with Crippen LogP contribution in [0.4, 0.5) is 0 Å². The molecule has 26 heavy (non-hydrogen) atoms. The fraction of sp³-hybridized carbons (Fsp3) is 0.333. The van der Waals surface area contributed by atoms with Crippen LogP contribution in [0.1, 0.15) is 75.6 Å². The Balaban J connectivity index is 1.86. The van der Waals surface area contributed by atoms with Crippen molar-refractivity contribution < 1.29 is 24.9 Å². The summed E-state index contributed by atoms with van der Waals surface area (Å²) in [5.74, 6) is -1.82.